The second kappa shape index (κ2) is 5.02. The molecule has 0 unspecified atom stereocenters. The van der Waals surface area contributed by atoms with Crippen molar-refractivity contribution in [1.29, 1.82) is 0 Å². The molecule has 0 saturated carbocycles. The standard InChI is InChI=1S/C9H6ClFO2S/c10-7-3-6(9(12)13)4-8(5-7)14-2-1-11/h1-5H,(H,12,13). The Labute approximate surface area is 89.4 Å². The zero-order valence-electron chi connectivity index (χ0n) is 6.91. The summed E-state index contributed by atoms with van der Waals surface area (Å²) in [5.41, 5.74) is 0.0901. The lowest BCUT2D eigenvalue weighted by atomic mass is 10.2. The molecule has 2 nitrogen and oxygen atoms in total. The summed E-state index contributed by atoms with van der Waals surface area (Å²) in [6, 6.07) is 4.34. The predicted octanol–water partition coefficient (Wildman–Crippen LogP) is 3.57. The smallest absolute Gasteiger partial charge is 0.335 e. The number of carbonyl (C=O) groups is 1. The average molecular weight is 233 g/mol. The summed E-state index contributed by atoms with van der Waals surface area (Å²) >= 11 is 6.74. The predicted molar refractivity (Wildman–Crippen MR) is 54.5 cm³/mol. The lowest BCUT2D eigenvalue weighted by molar-refractivity contribution is 0.0696. The summed E-state index contributed by atoms with van der Waals surface area (Å²) in [7, 11) is 0. The van der Waals surface area contributed by atoms with Crippen LogP contribution in [0.15, 0.2) is 34.8 Å². The highest BCUT2D eigenvalue weighted by atomic mass is 35.5. The van der Waals surface area contributed by atoms with Gasteiger partial charge in [-0.05, 0) is 18.2 Å². The van der Waals surface area contributed by atoms with E-state index in [4.69, 9.17) is 16.7 Å². The summed E-state index contributed by atoms with van der Waals surface area (Å²) in [6.45, 7) is 0. The molecule has 0 atom stereocenters. The van der Waals surface area contributed by atoms with Crippen LogP contribution in [0.1, 0.15) is 10.4 Å². The Kier molecular flexibility index (Phi) is 3.98. The molecule has 0 fully saturated rings. The van der Waals surface area contributed by atoms with E-state index >= 15 is 0 Å². The summed E-state index contributed by atoms with van der Waals surface area (Å²) in [4.78, 5) is 11.2. The number of rotatable bonds is 3. The minimum atomic E-state index is -1.06. The number of carboxylic acids is 1. The zero-order chi connectivity index (χ0) is 10.6. The van der Waals surface area contributed by atoms with Crippen LogP contribution in [0.5, 0.6) is 0 Å². The minimum Gasteiger partial charge on any atom is -0.478 e. The Morgan fingerprint density at radius 3 is 2.79 bits per heavy atom. The van der Waals surface area contributed by atoms with E-state index in [1.165, 1.54) is 17.5 Å². The molecular weight excluding hydrogens is 227 g/mol. The molecule has 1 N–H and O–H groups in total. The van der Waals surface area contributed by atoms with E-state index in [0.29, 0.717) is 16.2 Å². The normalized spacial score (nSPS) is 10.7. The van der Waals surface area contributed by atoms with Crippen LogP contribution in [0.4, 0.5) is 4.39 Å². The van der Waals surface area contributed by atoms with Gasteiger partial charge in [0.15, 0.2) is 0 Å². The molecule has 5 heteroatoms. The number of carboxylic acid groups (broad SMARTS) is 1. The number of benzene rings is 1. The van der Waals surface area contributed by atoms with E-state index in [9.17, 15) is 9.18 Å². The zero-order valence-corrected chi connectivity index (χ0v) is 8.48. The maximum atomic E-state index is 11.7. The van der Waals surface area contributed by atoms with Crippen molar-refractivity contribution in [1.82, 2.24) is 0 Å². The molecule has 14 heavy (non-hydrogen) atoms. The first kappa shape index (κ1) is 11.1. The van der Waals surface area contributed by atoms with Crippen LogP contribution < -0.4 is 0 Å². The van der Waals surface area contributed by atoms with Crippen molar-refractivity contribution < 1.29 is 14.3 Å². The van der Waals surface area contributed by atoms with Crippen molar-refractivity contribution in [2.75, 3.05) is 0 Å². The van der Waals surface area contributed by atoms with Gasteiger partial charge in [-0.3, -0.25) is 0 Å². The highest BCUT2D eigenvalue weighted by Gasteiger charge is 2.05. The monoisotopic (exact) mass is 232 g/mol. The molecule has 0 aliphatic carbocycles. The van der Waals surface area contributed by atoms with Gasteiger partial charge in [0, 0.05) is 15.3 Å². The molecule has 0 aliphatic heterocycles. The molecule has 0 aromatic heterocycles. The van der Waals surface area contributed by atoms with Crippen LogP contribution in [-0.4, -0.2) is 11.1 Å². The van der Waals surface area contributed by atoms with Crippen LogP contribution in [0.3, 0.4) is 0 Å². The molecule has 0 amide bonds. The van der Waals surface area contributed by atoms with E-state index in [0.717, 1.165) is 11.8 Å². The van der Waals surface area contributed by atoms with Gasteiger partial charge in [0.05, 0.1) is 11.9 Å². The molecule has 0 heterocycles. The van der Waals surface area contributed by atoms with Crippen LogP contribution in [-0.2, 0) is 0 Å². The third kappa shape index (κ3) is 3.05. The van der Waals surface area contributed by atoms with Gasteiger partial charge in [-0.2, -0.15) is 0 Å². The van der Waals surface area contributed by atoms with Gasteiger partial charge in [0.25, 0.3) is 0 Å². The van der Waals surface area contributed by atoms with E-state index in [1.807, 2.05) is 0 Å². The molecule has 74 valence electrons. The first-order valence-corrected chi connectivity index (χ1v) is 4.85. The molecule has 0 spiro atoms. The second-order valence-electron chi connectivity index (χ2n) is 2.36. The number of aromatic carboxylic acids is 1. The molecule has 0 bridgehead atoms. The highest BCUT2D eigenvalue weighted by molar-refractivity contribution is 8.02. The molecular formula is C9H6ClFO2S. The van der Waals surface area contributed by atoms with Crippen LogP contribution >= 0.6 is 23.4 Å². The molecule has 1 aromatic rings. The Bertz CT molecular complexity index is 379. The van der Waals surface area contributed by atoms with E-state index in [1.54, 1.807) is 6.07 Å². The number of hydrogen-bond donors (Lipinski definition) is 1. The third-order valence-corrected chi connectivity index (χ3v) is 2.34. The largest absolute Gasteiger partial charge is 0.478 e. The van der Waals surface area contributed by atoms with Gasteiger partial charge in [-0.25, -0.2) is 9.18 Å². The second-order valence-corrected chi connectivity index (χ2v) is 3.78. The minimum absolute atomic E-state index is 0.0901. The Morgan fingerprint density at radius 1 is 1.50 bits per heavy atom. The SMILES string of the molecule is O=C(O)c1cc(Cl)cc(SC=CF)c1. The van der Waals surface area contributed by atoms with Crippen molar-refractivity contribution in [3.8, 4) is 0 Å². The van der Waals surface area contributed by atoms with Crippen molar-refractivity contribution in [2.45, 2.75) is 4.90 Å². The Hall–Kier alpha value is -1.00. The lowest BCUT2D eigenvalue weighted by Gasteiger charge is -2.00. The van der Waals surface area contributed by atoms with Crippen LogP contribution in [0, 0.1) is 0 Å². The van der Waals surface area contributed by atoms with Crippen LogP contribution in [0.25, 0.3) is 0 Å². The maximum absolute atomic E-state index is 11.7. The van der Waals surface area contributed by atoms with Crippen molar-refractivity contribution in [3.05, 3.63) is 40.5 Å². The van der Waals surface area contributed by atoms with Gasteiger partial charge in [0.2, 0.25) is 0 Å². The fourth-order valence-corrected chi connectivity index (χ4v) is 1.76. The van der Waals surface area contributed by atoms with Gasteiger partial charge < -0.3 is 5.11 Å². The van der Waals surface area contributed by atoms with Gasteiger partial charge in [0.1, 0.15) is 0 Å². The van der Waals surface area contributed by atoms with Gasteiger partial charge in [-0.15, -0.1) is 0 Å². The maximum Gasteiger partial charge on any atom is 0.335 e. The van der Waals surface area contributed by atoms with Gasteiger partial charge in [-0.1, -0.05) is 23.4 Å². The van der Waals surface area contributed by atoms with E-state index in [2.05, 4.69) is 0 Å². The molecule has 1 aromatic carbocycles. The first-order valence-electron chi connectivity index (χ1n) is 3.59. The number of hydrogen-bond acceptors (Lipinski definition) is 2. The number of halogens is 2. The van der Waals surface area contributed by atoms with Gasteiger partial charge >= 0.3 is 5.97 Å². The molecule has 1 rings (SSSR count). The first-order chi connectivity index (χ1) is 6.63. The summed E-state index contributed by atoms with van der Waals surface area (Å²) in [5.74, 6) is -1.06. The van der Waals surface area contributed by atoms with Crippen molar-refractivity contribution in [3.63, 3.8) is 0 Å². The van der Waals surface area contributed by atoms with E-state index in [-0.39, 0.29) is 5.56 Å². The van der Waals surface area contributed by atoms with E-state index < -0.39 is 5.97 Å². The number of thioether (sulfide) groups is 1. The van der Waals surface area contributed by atoms with Crippen LogP contribution in [0.2, 0.25) is 5.02 Å². The van der Waals surface area contributed by atoms with Crippen molar-refractivity contribution in [2.24, 2.45) is 0 Å². The fourth-order valence-electron chi connectivity index (χ4n) is 0.859. The molecule has 0 saturated heterocycles. The average Bonchev–Trinajstić information content (AvgIpc) is 2.14. The Balaban J connectivity index is 3.00. The lowest BCUT2D eigenvalue weighted by Crippen LogP contribution is -1.95. The summed E-state index contributed by atoms with van der Waals surface area (Å²) in [6.07, 6.45) is 0.381. The quantitative estimate of drug-likeness (QED) is 0.810. The fraction of sp³-hybridized carbons (Fsp3) is 0. The summed E-state index contributed by atoms with van der Waals surface area (Å²) < 4.78 is 11.7. The van der Waals surface area contributed by atoms with Crippen molar-refractivity contribution >= 4 is 29.3 Å². The topological polar surface area (TPSA) is 37.3 Å². The molecule has 0 radical (unpaired) electrons. The highest BCUT2D eigenvalue weighted by Crippen LogP contribution is 2.24. The third-order valence-electron chi connectivity index (χ3n) is 1.37. The molecule has 0 aliphatic rings. The summed E-state index contributed by atoms with van der Waals surface area (Å²) in [5, 5.41) is 10.2. The Morgan fingerprint density at radius 2 is 2.21 bits per heavy atom.